The summed E-state index contributed by atoms with van der Waals surface area (Å²) in [5, 5.41) is 0. The van der Waals surface area contributed by atoms with E-state index in [2.05, 4.69) is 9.97 Å². The molecule has 0 saturated carbocycles. The van der Waals surface area contributed by atoms with E-state index in [1.54, 1.807) is 29.4 Å². The summed E-state index contributed by atoms with van der Waals surface area (Å²) in [4.78, 5) is 24.3. The number of imidazole rings is 1. The van der Waals surface area contributed by atoms with Crippen molar-refractivity contribution in [1.82, 2.24) is 19.4 Å². The smallest absolute Gasteiger partial charge is 0.410 e. The van der Waals surface area contributed by atoms with Gasteiger partial charge in [-0.1, -0.05) is 6.92 Å². The Labute approximate surface area is 213 Å². The molecule has 0 aliphatic rings. The predicted octanol–water partition coefficient (Wildman–Crippen LogP) is 6.36. The van der Waals surface area contributed by atoms with Crippen LogP contribution in [0.5, 0.6) is 11.5 Å². The van der Waals surface area contributed by atoms with Crippen LogP contribution in [0.25, 0.3) is 20.9 Å². The molecule has 2 N–H and O–H groups in total. The lowest BCUT2D eigenvalue weighted by Crippen LogP contribution is -2.37. The van der Waals surface area contributed by atoms with Crippen LogP contribution in [-0.4, -0.2) is 37.7 Å². The third kappa shape index (κ3) is 5.59. The average molecular weight is 512 g/mol. The van der Waals surface area contributed by atoms with Crippen LogP contribution in [0.4, 0.5) is 14.9 Å². The maximum absolute atomic E-state index is 14.3. The van der Waals surface area contributed by atoms with Crippen LogP contribution >= 0.6 is 11.3 Å². The lowest BCUT2D eigenvalue weighted by atomic mass is 10.2. The van der Waals surface area contributed by atoms with Crippen LogP contribution in [0.15, 0.2) is 42.7 Å². The highest BCUT2D eigenvalue weighted by Crippen LogP contribution is 2.39. The first-order valence-electron chi connectivity index (χ1n) is 11.7. The molecule has 190 valence electrons. The minimum atomic E-state index is -0.570. The van der Waals surface area contributed by atoms with E-state index >= 15 is 0 Å². The third-order valence-electron chi connectivity index (χ3n) is 5.35. The molecular weight excluding hydrogens is 481 g/mol. The second-order valence-electron chi connectivity index (χ2n) is 9.46. The minimum absolute atomic E-state index is 0.0871. The second-order valence-corrected chi connectivity index (χ2v) is 10.5. The van der Waals surface area contributed by atoms with Crippen molar-refractivity contribution in [3.8, 4) is 22.2 Å². The Balaban J connectivity index is 1.61. The van der Waals surface area contributed by atoms with Gasteiger partial charge in [-0.25, -0.2) is 14.2 Å². The first kappa shape index (κ1) is 25.4. The molecular formula is C26H30FN5O3S. The fourth-order valence-electron chi connectivity index (χ4n) is 3.67. The number of anilines is 1. The van der Waals surface area contributed by atoms with E-state index < -0.39 is 11.4 Å². The first-order chi connectivity index (χ1) is 17.1. The van der Waals surface area contributed by atoms with Gasteiger partial charge in [0.2, 0.25) is 0 Å². The zero-order valence-corrected chi connectivity index (χ0v) is 21.9. The van der Waals surface area contributed by atoms with Gasteiger partial charge in [0.15, 0.2) is 11.6 Å². The number of nitrogen functional groups attached to an aromatic ring is 1. The molecule has 0 unspecified atom stereocenters. The lowest BCUT2D eigenvalue weighted by Gasteiger charge is -2.27. The first-order valence-corrected chi connectivity index (χ1v) is 12.5. The normalized spacial score (nSPS) is 11.6. The van der Waals surface area contributed by atoms with E-state index in [0.29, 0.717) is 30.0 Å². The number of fused-ring (bicyclic) bond motifs is 1. The van der Waals surface area contributed by atoms with E-state index in [0.717, 1.165) is 27.5 Å². The van der Waals surface area contributed by atoms with Crippen molar-refractivity contribution in [2.75, 3.05) is 12.3 Å². The molecule has 0 saturated heterocycles. The summed E-state index contributed by atoms with van der Waals surface area (Å²) in [6.07, 6.45) is 3.84. The minimum Gasteiger partial charge on any atom is -0.453 e. The maximum Gasteiger partial charge on any atom is 0.410 e. The Hall–Kier alpha value is -3.66. The average Bonchev–Trinajstić information content (AvgIpc) is 3.38. The number of carbonyl (C=O) groups is 1. The van der Waals surface area contributed by atoms with Gasteiger partial charge in [0.25, 0.3) is 0 Å². The quantitative estimate of drug-likeness (QED) is 0.290. The van der Waals surface area contributed by atoms with Crippen LogP contribution in [0.1, 0.15) is 39.8 Å². The van der Waals surface area contributed by atoms with Crippen molar-refractivity contribution in [3.05, 3.63) is 54.2 Å². The second kappa shape index (κ2) is 10.1. The molecule has 3 aromatic heterocycles. The van der Waals surface area contributed by atoms with E-state index in [-0.39, 0.29) is 11.8 Å². The number of hydrogen-bond donors (Lipinski definition) is 1. The molecule has 4 rings (SSSR count). The van der Waals surface area contributed by atoms with Crippen molar-refractivity contribution in [2.45, 2.75) is 46.3 Å². The number of nitrogens with two attached hydrogens (primary N) is 1. The molecule has 3 heterocycles. The molecule has 0 atom stereocenters. The summed E-state index contributed by atoms with van der Waals surface area (Å²) in [7, 11) is 1.91. The molecule has 0 spiro atoms. The summed E-state index contributed by atoms with van der Waals surface area (Å²) < 4.78 is 28.5. The Morgan fingerprint density at radius 2 is 1.97 bits per heavy atom. The zero-order valence-electron chi connectivity index (χ0n) is 21.0. The van der Waals surface area contributed by atoms with Crippen LogP contribution in [-0.2, 0) is 18.3 Å². The molecule has 36 heavy (non-hydrogen) atoms. The summed E-state index contributed by atoms with van der Waals surface area (Å²) in [5.74, 6) is 0.780. The monoisotopic (exact) mass is 511 g/mol. The molecule has 4 aromatic rings. The van der Waals surface area contributed by atoms with Crippen molar-refractivity contribution in [1.29, 1.82) is 0 Å². The van der Waals surface area contributed by atoms with E-state index in [1.165, 1.54) is 23.5 Å². The van der Waals surface area contributed by atoms with Crippen LogP contribution in [0.2, 0.25) is 0 Å². The van der Waals surface area contributed by atoms with Gasteiger partial charge in [-0.05, 0) is 45.4 Å². The van der Waals surface area contributed by atoms with Crippen LogP contribution in [0, 0.1) is 5.82 Å². The van der Waals surface area contributed by atoms with Crippen LogP contribution in [0.3, 0.4) is 0 Å². The third-order valence-corrected chi connectivity index (χ3v) is 6.49. The number of ether oxygens (including phenoxy) is 2. The van der Waals surface area contributed by atoms with Gasteiger partial charge in [-0.3, -0.25) is 4.98 Å². The molecule has 0 radical (unpaired) electrons. The molecule has 0 fully saturated rings. The van der Waals surface area contributed by atoms with Gasteiger partial charge in [-0.15, -0.1) is 11.3 Å². The molecule has 8 nitrogen and oxygen atoms in total. The summed E-state index contributed by atoms with van der Waals surface area (Å²) in [6, 6.07) is 7.94. The van der Waals surface area contributed by atoms with Crippen molar-refractivity contribution in [2.24, 2.45) is 7.05 Å². The van der Waals surface area contributed by atoms with Gasteiger partial charge in [0, 0.05) is 37.6 Å². The maximum atomic E-state index is 14.3. The molecule has 0 aliphatic heterocycles. The highest BCUT2D eigenvalue weighted by Gasteiger charge is 2.23. The number of benzene rings is 1. The van der Waals surface area contributed by atoms with Crippen molar-refractivity contribution >= 4 is 33.3 Å². The number of carbonyl (C=O) groups excluding carboxylic acids is 1. The molecule has 10 heteroatoms. The number of thiophene rings is 1. The number of nitrogens with zero attached hydrogens (tertiary/aromatic N) is 4. The van der Waals surface area contributed by atoms with E-state index in [1.807, 2.05) is 45.4 Å². The van der Waals surface area contributed by atoms with Gasteiger partial charge >= 0.3 is 6.09 Å². The standard InChI is InChI=1S/C26H30FN5O3S/c1-6-11-32(25(33)35-26(2,3)4)15-17-14-30-24(31(17)5)22-13-19-23(36-22)21(9-10-29-19)34-20-8-7-16(28)12-18(20)27/h7-10,12-14H,6,11,15,28H2,1-5H3. The largest absolute Gasteiger partial charge is 0.453 e. The van der Waals surface area contributed by atoms with Gasteiger partial charge in [0.1, 0.15) is 17.2 Å². The number of rotatable bonds is 7. The lowest BCUT2D eigenvalue weighted by molar-refractivity contribution is 0.0230. The van der Waals surface area contributed by atoms with Gasteiger partial charge < -0.3 is 24.7 Å². The van der Waals surface area contributed by atoms with Gasteiger partial charge in [-0.2, -0.15) is 0 Å². The summed E-state index contributed by atoms with van der Waals surface area (Å²) in [6.45, 7) is 8.53. The Morgan fingerprint density at radius 3 is 2.67 bits per heavy atom. The topological polar surface area (TPSA) is 95.5 Å². The number of aromatic nitrogens is 3. The Morgan fingerprint density at radius 1 is 1.19 bits per heavy atom. The highest BCUT2D eigenvalue weighted by molar-refractivity contribution is 7.22. The predicted molar refractivity (Wildman–Crippen MR) is 140 cm³/mol. The fraction of sp³-hybridized carbons (Fsp3) is 0.346. The van der Waals surface area contributed by atoms with Crippen molar-refractivity contribution < 1.29 is 18.7 Å². The SMILES string of the molecule is CCCN(Cc1cnc(-c2cc3nccc(Oc4ccc(N)cc4F)c3s2)n1C)C(=O)OC(C)(C)C. The molecule has 0 aliphatic carbocycles. The summed E-state index contributed by atoms with van der Waals surface area (Å²) >= 11 is 1.45. The highest BCUT2D eigenvalue weighted by atomic mass is 32.1. The Bertz CT molecular complexity index is 1390. The molecule has 1 aromatic carbocycles. The summed E-state index contributed by atoms with van der Waals surface area (Å²) in [5.41, 5.74) is 6.99. The van der Waals surface area contributed by atoms with E-state index in [9.17, 15) is 9.18 Å². The van der Waals surface area contributed by atoms with Gasteiger partial charge in [0.05, 0.1) is 33.5 Å². The van der Waals surface area contributed by atoms with E-state index in [4.69, 9.17) is 15.2 Å². The number of halogens is 1. The number of amides is 1. The van der Waals surface area contributed by atoms with Crippen LogP contribution < -0.4 is 10.5 Å². The molecule has 0 bridgehead atoms. The Kier molecular flexibility index (Phi) is 7.16. The number of hydrogen-bond acceptors (Lipinski definition) is 7. The molecule has 1 amide bonds. The van der Waals surface area contributed by atoms with Crippen molar-refractivity contribution in [3.63, 3.8) is 0 Å². The zero-order chi connectivity index (χ0) is 26.0. The number of pyridine rings is 1. The fourth-order valence-corrected chi connectivity index (χ4v) is 4.77.